The van der Waals surface area contributed by atoms with Crippen molar-refractivity contribution in [1.82, 2.24) is 10.1 Å². The van der Waals surface area contributed by atoms with Crippen LogP contribution in [0.3, 0.4) is 0 Å². The summed E-state index contributed by atoms with van der Waals surface area (Å²) in [4.78, 5) is 3.70. The molecule has 2 aromatic rings. The standard InChI is InChI=1S/C9H5BrF2N2O/c1-4-2-3-5(11)6(7(4)12)8-13-9(10)14-15-8/h2-3H,1H3. The van der Waals surface area contributed by atoms with Gasteiger partial charge in [0.2, 0.25) is 4.73 Å². The van der Waals surface area contributed by atoms with E-state index in [1.54, 1.807) is 0 Å². The molecule has 0 aliphatic rings. The molecule has 0 unspecified atom stereocenters. The van der Waals surface area contributed by atoms with Crippen molar-refractivity contribution < 1.29 is 13.3 Å². The van der Waals surface area contributed by atoms with Crippen LogP contribution in [0.4, 0.5) is 8.78 Å². The summed E-state index contributed by atoms with van der Waals surface area (Å²) in [6.07, 6.45) is 0. The molecule has 0 N–H and O–H groups in total. The topological polar surface area (TPSA) is 38.9 Å². The van der Waals surface area contributed by atoms with Crippen molar-refractivity contribution >= 4 is 15.9 Å². The molecular formula is C9H5BrF2N2O. The van der Waals surface area contributed by atoms with Gasteiger partial charge in [0.05, 0.1) is 0 Å². The molecule has 0 aliphatic heterocycles. The first-order valence-electron chi connectivity index (χ1n) is 4.04. The minimum absolute atomic E-state index is 0.151. The Balaban J connectivity index is 2.66. The number of aryl methyl sites for hydroxylation is 1. The molecule has 0 aliphatic carbocycles. The van der Waals surface area contributed by atoms with Crippen LogP contribution in [-0.4, -0.2) is 10.1 Å². The summed E-state index contributed by atoms with van der Waals surface area (Å²) in [5, 5.41) is 3.40. The van der Waals surface area contributed by atoms with Gasteiger partial charge in [-0.3, -0.25) is 0 Å². The van der Waals surface area contributed by atoms with Crippen molar-refractivity contribution in [3.8, 4) is 11.5 Å². The lowest BCUT2D eigenvalue weighted by Gasteiger charge is -2.01. The molecule has 0 bridgehead atoms. The van der Waals surface area contributed by atoms with Crippen molar-refractivity contribution in [2.45, 2.75) is 6.92 Å². The Morgan fingerprint density at radius 2 is 2.07 bits per heavy atom. The zero-order valence-corrected chi connectivity index (χ0v) is 9.18. The van der Waals surface area contributed by atoms with Gasteiger partial charge in [-0.15, -0.1) is 0 Å². The van der Waals surface area contributed by atoms with Crippen LogP contribution < -0.4 is 0 Å². The number of benzene rings is 1. The average molecular weight is 275 g/mol. The maximum Gasteiger partial charge on any atom is 0.264 e. The SMILES string of the molecule is Cc1ccc(F)c(-c2nc(Br)no2)c1F. The highest BCUT2D eigenvalue weighted by Gasteiger charge is 2.18. The highest BCUT2D eigenvalue weighted by molar-refractivity contribution is 9.10. The predicted octanol–water partition coefficient (Wildman–Crippen LogP) is 3.09. The van der Waals surface area contributed by atoms with E-state index in [0.717, 1.165) is 6.07 Å². The number of halogens is 3. The highest BCUT2D eigenvalue weighted by Crippen LogP contribution is 2.27. The summed E-state index contributed by atoms with van der Waals surface area (Å²) in [5.74, 6) is -1.60. The molecule has 1 heterocycles. The molecule has 0 radical (unpaired) electrons. The Hall–Kier alpha value is -1.30. The van der Waals surface area contributed by atoms with E-state index >= 15 is 0 Å². The second-order valence-electron chi connectivity index (χ2n) is 2.92. The van der Waals surface area contributed by atoms with Crippen molar-refractivity contribution in [1.29, 1.82) is 0 Å². The third-order valence-corrected chi connectivity index (χ3v) is 2.22. The van der Waals surface area contributed by atoms with Gasteiger partial charge in [-0.25, -0.2) is 8.78 Å². The summed E-state index contributed by atoms with van der Waals surface area (Å²) >= 11 is 2.94. The number of rotatable bonds is 1. The van der Waals surface area contributed by atoms with E-state index in [0.29, 0.717) is 5.56 Å². The van der Waals surface area contributed by atoms with Gasteiger partial charge >= 0.3 is 0 Å². The number of nitrogens with zero attached hydrogens (tertiary/aromatic N) is 2. The fraction of sp³-hybridized carbons (Fsp3) is 0.111. The van der Waals surface area contributed by atoms with Crippen LogP contribution in [0.25, 0.3) is 11.5 Å². The largest absolute Gasteiger partial charge is 0.333 e. The molecule has 0 fully saturated rings. The summed E-state index contributed by atoms with van der Waals surface area (Å²) in [6, 6.07) is 2.51. The number of hydrogen-bond acceptors (Lipinski definition) is 3. The Kier molecular flexibility index (Phi) is 2.52. The van der Waals surface area contributed by atoms with E-state index < -0.39 is 11.6 Å². The average Bonchev–Trinajstić information content (AvgIpc) is 2.59. The van der Waals surface area contributed by atoms with Crippen molar-refractivity contribution in [3.63, 3.8) is 0 Å². The summed E-state index contributed by atoms with van der Waals surface area (Å²) in [5.41, 5.74) is 0.0222. The van der Waals surface area contributed by atoms with Crippen molar-refractivity contribution in [2.75, 3.05) is 0 Å². The lowest BCUT2D eigenvalue weighted by atomic mass is 10.1. The molecule has 1 aromatic carbocycles. The summed E-state index contributed by atoms with van der Waals surface area (Å²) in [6.45, 7) is 1.53. The number of aromatic nitrogens is 2. The quantitative estimate of drug-likeness (QED) is 0.802. The van der Waals surface area contributed by atoms with E-state index in [9.17, 15) is 8.78 Å². The minimum atomic E-state index is -0.728. The van der Waals surface area contributed by atoms with Crippen LogP contribution in [0, 0.1) is 18.6 Å². The molecule has 0 amide bonds. The van der Waals surface area contributed by atoms with Crippen LogP contribution >= 0.6 is 15.9 Å². The molecular weight excluding hydrogens is 270 g/mol. The van der Waals surface area contributed by atoms with Gasteiger partial charge in [0.1, 0.15) is 17.2 Å². The van der Waals surface area contributed by atoms with Crippen LogP contribution in [0.5, 0.6) is 0 Å². The van der Waals surface area contributed by atoms with Crippen LogP contribution in [-0.2, 0) is 0 Å². The molecule has 0 saturated carbocycles. The fourth-order valence-corrected chi connectivity index (χ4v) is 1.39. The molecule has 15 heavy (non-hydrogen) atoms. The third kappa shape index (κ3) is 1.77. The maximum absolute atomic E-state index is 13.6. The fourth-order valence-electron chi connectivity index (χ4n) is 1.16. The van der Waals surface area contributed by atoms with Crippen LogP contribution in [0.15, 0.2) is 21.4 Å². The van der Waals surface area contributed by atoms with E-state index in [2.05, 4.69) is 30.6 Å². The van der Waals surface area contributed by atoms with Gasteiger partial charge in [0.15, 0.2) is 0 Å². The monoisotopic (exact) mass is 274 g/mol. The normalized spacial score (nSPS) is 10.7. The summed E-state index contributed by atoms with van der Waals surface area (Å²) < 4.78 is 31.7. The molecule has 1 aromatic heterocycles. The van der Waals surface area contributed by atoms with Gasteiger partial charge in [-0.1, -0.05) is 6.07 Å². The Bertz CT molecular complexity index is 513. The molecule has 78 valence electrons. The summed E-state index contributed by atoms with van der Waals surface area (Å²) in [7, 11) is 0. The first-order chi connectivity index (χ1) is 7.09. The molecule has 2 rings (SSSR count). The van der Waals surface area contributed by atoms with Gasteiger partial charge in [0, 0.05) is 0 Å². The third-order valence-electron chi connectivity index (χ3n) is 1.90. The van der Waals surface area contributed by atoms with Crippen molar-refractivity contribution in [3.05, 3.63) is 34.1 Å². The first-order valence-corrected chi connectivity index (χ1v) is 4.83. The molecule has 6 heteroatoms. The van der Waals surface area contributed by atoms with Gasteiger partial charge in [-0.2, -0.15) is 4.98 Å². The second kappa shape index (κ2) is 3.69. The van der Waals surface area contributed by atoms with E-state index in [1.165, 1.54) is 13.0 Å². The second-order valence-corrected chi connectivity index (χ2v) is 3.63. The van der Waals surface area contributed by atoms with Crippen molar-refractivity contribution in [2.24, 2.45) is 0 Å². The Labute approximate surface area is 92.2 Å². The maximum atomic E-state index is 13.6. The van der Waals surface area contributed by atoms with Crippen LogP contribution in [0.1, 0.15) is 5.56 Å². The predicted molar refractivity (Wildman–Crippen MR) is 52.1 cm³/mol. The lowest BCUT2D eigenvalue weighted by Crippen LogP contribution is -1.93. The Morgan fingerprint density at radius 1 is 1.33 bits per heavy atom. The minimum Gasteiger partial charge on any atom is -0.333 e. The highest BCUT2D eigenvalue weighted by atomic mass is 79.9. The van der Waals surface area contributed by atoms with E-state index in [-0.39, 0.29) is 16.2 Å². The van der Waals surface area contributed by atoms with Gasteiger partial charge in [-0.05, 0) is 39.6 Å². The zero-order chi connectivity index (χ0) is 11.0. The Morgan fingerprint density at radius 3 is 2.67 bits per heavy atom. The van der Waals surface area contributed by atoms with Crippen LogP contribution in [0.2, 0.25) is 0 Å². The van der Waals surface area contributed by atoms with E-state index in [1.807, 2.05) is 0 Å². The molecule has 0 atom stereocenters. The molecule has 0 spiro atoms. The van der Waals surface area contributed by atoms with Gasteiger partial charge in [0.25, 0.3) is 5.89 Å². The zero-order valence-electron chi connectivity index (χ0n) is 7.59. The van der Waals surface area contributed by atoms with Gasteiger partial charge < -0.3 is 4.52 Å². The number of hydrogen-bond donors (Lipinski definition) is 0. The smallest absolute Gasteiger partial charge is 0.264 e. The van der Waals surface area contributed by atoms with E-state index in [4.69, 9.17) is 0 Å². The molecule has 0 saturated heterocycles. The lowest BCUT2D eigenvalue weighted by molar-refractivity contribution is 0.420. The molecule has 3 nitrogen and oxygen atoms in total. The first kappa shape index (κ1) is 10.2.